The number of carbonyl (C=O) groups excluding carboxylic acids is 2. The van der Waals surface area contributed by atoms with Crippen molar-refractivity contribution in [3.63, 3.8) is 0 Å². The lowest BCUT2D eigenvalue weighted by Gasteiger charge is -2.25. The number of guanidine groups is 1. The molecule has 3 rings (SSSR count). The van der Waals surface area contributed by atoms with E-state index in [9.17, 15) is 42.2 Å². The van der Waals surface area contributed by atoms with Gasteiger partial charge in [0.05, 0.1) is 37.7 Å². The fraction of sp³-hybridized carbons (Fsp3) is 0.407. The molecule has 0 radical (unpaired) electrons. The van der Waals surface area contributed by atoms with Gasteiger partial charge in [0.2, 0.25) is 5.91 Å². The lowest BCUT2D eigenvalue weighted by Crippen LogP contribution is -2.41. The van der Waals surface area contributed by atoms with Crippen molar-refractivity contribution >= 4 is 29.4 Å². The first kappa shape index (κ1) is 31.2. The molecule has 0 saturated heterocycles. The Hall–Kier alpha value is -4.36. The van der Waals surface area contributed by atoms with Crippen molar-refractivity contribution in [1.29, 1.82) is 0 Å². The highest BCUT2D eigenvalue weighted by Crippen LogP contribution is 2.35. The van der Waals surface area contributed by atoms with E-state index in [0.29, 0.717) is 5.56 Å². The van der Waals surface area contributed by atoms with Crippen LogP contribution in [0.5, 0.6) is 5.75 Å². The quantitative estimate of drug-likeness (QED) is 0.261. The van der Waals surface area contributed by atoms with Crippen molar-refractivity contribution in [3.05, 3.63) is 58.7 Å². The van der Waals surface area contributed by atoms with E-state index in [0.717, 1.165) is 18.2 Å². The van der Waals surface area contributed by atoms with Gasteiger partial charge in [-0.15, -0.1) is 0 Å². The molecule has 0 aromatic heterocycles. The maximum Gasteiger partial charge on any atom is 0.416 e. The maximum atomic E-state index is 13.6. The Morgan fingerprint density at radius 1 is 1.07 bits per heavy atom. The molecule has 0 aliphatic carbocycles. The van der Waals surface area contributed by atoms with Crippen LogP contribution in [0.3, 0.4) is 0 Å². The fourth-order valence-electron chi connectivity index (χ4n) is 3.94. The summed E-state index contributed by atoms with van der Waals surface area (Å²) >= 11 is 0. The molecule has 1 aliphatic heterocycles. The summed E-state index contributed by atoms with van der Waals surface area (Å²) in [6, 6.07) is 5.66. The Balaban J connectivity index is 1.74. The Labute approximate surface area is 233 Å². The zero-order valence-electron chi connectivity index (χ0n) is 22.5. The summed E-state index contributed by atoms with van der Waals surface area (Å²) in [4.78, 5) is 40.8. The van der Waals surface area contributed by atoms with E-state index in [2.05, 4.69) is 26.3 Å². The molecule has 2 aromatic carbocycles. The summed E-state index contributed by atoms with van der Waals surface area (Å²) in [6.45, 7) is 4.45. The zero-order valence-corrected chi connectivity index (χ0v) is 22.5. The van der Waals surface area contributed by atoms with Crippen LogP contribution in [0, 0.1) is 0 Å². The number of aromatic hydroxyl groups is 1. The third-order valence-corrected chi connectivity index (χ3v) is 6.06. The van der Waals surface area contributed by atoms with Crippen LogP contribution in [-0.2, 0) is 21.2 Å². The van der Waals surface area contributed by atoms with Gasteiger partial charge < -0.3 is 31.5 Å². The van der Waals surface area contributed by atoms with Crippen LogP contribution in [0.15, 0.2) is 41.4 Å². The van der Waals surface area contributed by atoms with Gasteiger partial charge in [-0.3, -0.25) is 14.4 Å². The number of carbonyl (C=O) groups is 3. The Morgan fingerprint density at radius 3 is 2.34 bits per heavy atom. The van der Waals surface area contributed by atoms with Gasteiger partial charge >= 0.3 is 12.1 Å². The van der Waals surface area contributed by atoms with Gasteiger partial charge in [0, 0.05) is 17.3 Å². The average molecular weight is 582 g/mol. The van der Waals surface area contributed by atoms with Crippen molar-refractivity contribution in [3.8, 4) is 5.75 Å². The average Bonchev–Trinajstić information content (AvgIpc) is 2.86. The molecule has 2 amide bonds. The predicted octanol–water partition coefficient (Wildman–Crippen LogP) is 3.48. The van der Waals surface area contributed by atoms with Crippen molar-refractivity contribution < 1.29 is 42.2 Å². The number of nitrogens with one attached hydrogen (secondary N) is 4. The SMILES string of the molecule is CC(C)(C)c1cc([C@H](CC(=O)O)NC(=O)CNC(=O)c2cc(O)cc(NC3=NCC(F)CN3)c2)cc(C(F)(F)F)c1. The summed E-state index contributed by atoms with van der Waals surface area (Å²) < 4.78 is 54.1. The van der Waals surface area contributed by atoms with Gasteiger partial charge in [-0.2, -0.15) is 13.2 Å². The van der Waals surface area contributed by atoms with Crippen LogP contribution in [-0.4, -0.2) is 59.8 Å². The largest absolute Gasteiger partial charge is 0.508 e. The van der Waals surface area contributed by atoms with E-state index < -0.39 is 60.1 Å². The second kappa shape index (κ2) is 12.4. The molecule has 41 heavy (non-hydrogen) atoms. The molecule has 2 aromatic rings. The number of anilines is 1. The smallest absolute Gasteiger partial charge is 0.416 e. The molecule has 14 heteroatoms. The molecule has 1 unspecified atom stereocenters. The predicted molar refractivity (Wildman–Crippen MR) is 143 cm³/mol. The maximum absolute atomic E-state index is 13.6. The van der Waals surface area contributed by atoms with E-state index in [1.165, 1.54) is 18.2 Å². The van der Waals surface area contributed by atoms with Gasteiger partial charge in [0.1, 0.15) is 11.9 Å². The molecular weight excluding hydrogens is 550 g/mol. The lowest BCUT2D eigenvalue weighted by atomic mass is 9.83. The first-order valence-corrected chi connectivity index (χ1v) is 12.6. The van der Waals surface area contributed by atoms with Crippen molar-refractivity contribution in [2.24, 2.45) is 4.99 Å². The summed E-state index contributed by atoms with van der Waals surface area (Å²) in [5.74, 6) is -3.02. The number of halogens is 4. The number of amides is 2. The number of alkyl halides is 4. The Kier molecular flexibility index (Phi) is 9.46. The number of rotatable bonds is 8. The number of nitrogens with zero attached hydrogens (tertiary/aromatic N) is 1. The van der Waals surface area contributed by atoms with Gasteiger partial charge in [0.25, 0.3) is 5.91 Å². The number of hydrogen-bond acceptors (Lipinski definition) is 7. The monoisotopic (exact) mass is 581 g/mol. The molecule has 222 valence electrons. The Bertz CT molecular complexity index is 1310. The minimum atomic E-state index is -4.70. The molecule has 0 fully saturated rings. The molecule has 2 atom stereocenters. The second-order valence-electron chi connectivity index (χ2n) is 10.6. The van der Waals surface area contributed by atoms with Gasteiger partial charge in [0.15, 0.2) is 5.96 Å². The third kappa shape index (κ3) is 9.08. The highest BCUT2D eigenvalue weighted by atomic mass is 19.4. The molecule has 0 spiro atoms. The van der Waals surface area contributed by atoms with E-state index in [1.54, 1.807) is 20.8 Å². The molecule has 1 heterocycles. The van der Waals surface area contributed by atoms with Crippen molar-refractivity contribution in [2.45, 2.75) is 51.0 Å². The van der Waals surface area contributed by atoms with Crippen LogP contribution < -0.4 is 21.3 Å². The van der Waals surface area contributed by atoms with Crippen LogP contribution in [0.4, 0.5) is 23.2 Å². The van der Waals surface area contributed by atoms with Crippen LogP contribution in [0.2, 0.25) is 0 Å². The van der Waals surface area contributed by atoms with E-state index in [-0.39, 0.29) is 41.6 Å². The number of aliphatic carboxylic acids is 1. The molecule has 10 nitrogen and oxygen atoms in total. The third-order valence-electron chi connectivity index (χ3n) is 6.06. The van der Waals surface area contributed by atoms with Crippen LogP contribution in [0.25, 0.3) is 0 Å². The van der Waals surface area contributed by atoms with E-state index in [1.807, 2.05) is 0 Å². The number of aliphatic imine (C=N–C) groups is 1. The number of phenols is 1. The Morgan fingerprint density at radius 2 is 1.76 bits per heavy atom. The highest BCUT2D eigenvalue weighted by Gasteiger charge is 2.33. The summed E-state index contributed by atoms with van der Waals surface area (Å²) in [6.07, 6.45) is -6.54. The van der Waals surface area contributed by atoms with E-state index in [4.69, 9.17) is 0 Å². The highest BCUT2D eigenvalue weighted by molar-refractivity contribution is 6.00. The van der Waals surface area contributed by atoms with Gasteiger partial charge in [-0.1, -0.05) is 26.8 Å². The standard InChI is InChI=1S/C27H31F4N5O5/c1-26(2,3)16-4-14(5-17(8-16)27(29,30)31)21(10-23(39)40)36-22(38)13-32-24(41)15-6-19(9-20(37)7-15)35-25-33-11-18(28)12-34-25/h4-9,18,21,37H,10-13H2,1-3H3,(H,32,41)(H,36,38)(H,39,40)(H2,33,34,35)/t21-/m0/s1. The number of carboxylic acid groups (broad SMARTS) is 1. The molecule has 0 bridgehead atoms. The number of benzene rings is 2. The van der Waals surface area contributed by atoms with Gasteiger partial charge in [-0.25, -0.2) is 9.38 Å². The van der Waals surface area contributed by atoms with Crippen molar-refractivity contribution in [1.82, 2.24) is 16.0 Å². The first-order valence-electron chi connectivity index (χ1n) is 12.6. The number of carboxylic acids is 1. The van der Waals surface area contributed by atoms with Crippen molar-refractivity contribution in [2.75, 3.05) is 25.0 Å². The number of phenolic OH excluding ortho intramolecular Hbond substituents is 1. The summed E-state index contributed by atoms with van der Waals surface area (Å²) in [5, 5.41) is 29.6. The van der Waals surface area contributed by atoms with Crippen LogP contribution in [0.1, 0.15) is 60.3 Å². The topological polar surface area (TPSA) is 152 Å². The minimum absolute atomic E-state index is 0.0357. The molecule has 1 aliphatic rings. The van der Waals surface area contributed by atoms with Gasteiger partial charge in [-0.05, 0) is 40.8 Å². The summed E-state index contributed by atoms with van der Waals surface area (Å²) in [7, 11) is 0. The second-order valence-corrected chi connectivity index (χ2v) is 10.6. The molecular formula is C27H31F4N5O5. The first-order chi connectivity index (χ1) is 19.0. The normalized spacial score (nSPS) is 16.2. The summed E-state index contributed by atoms with van der Waals surface area (Å²) in [5.41, 5.74) is -1.23. The number of hydrogen-bond donors (Lipinski definition) is 6. The van der Waals surface area contributed by atoms with E-state index >= 15 is 0 Å². The minimum Gasteiger partial charge on any atom is -0.508 e. The zero-order chi connectivity index (χ0) is 30.5. The molecule has 0 saturated carbocycles. The van der Waals surface area contributed by atoms with Crippen LogP contribution >= 0.6 is 0 Å². The molecule has 6 N–H and O–H groups in total. The fourth-order valence-corrected chi connectivity index (χ4v) is 3.94. The lowest BCUT2D eigenvalue weighted by molar-refractivity contribution is -0.138.